The van der Waals surface area contributed by atoms with Crippen LogP contribution in [0, 0.1) is 0 Å². The largest absolute Gasteiger partial charge is 0.495 e. The van der Waals surface area contributed by atoms with Crippen molar-refractivity contribution < 1.29 is 14.6 Å². The van der Waals surface area contributed by atoms with Gasteiger partial charge in [-0.3, -0.25) is 0 Å². The second-order valence-electron chi connectivity index (χ2n) is 3.30. The third-order valence-electron chi connectivity index (χ3n) is 2.12. The van der Waals surface area contributed by atoms with Crippen molar-refractivity contribution in [3.8, 4) is 5.75 Å². The highest BCUT2D eigenvalue weighted by Gasteiger charge is 2.10. The molecule has 18 heavy (non-hydrogen) atoms. The Bertz CT molecular complexity index is 585. The van der Waals surface area contributed by atoms with Crippen molar-refractivity contribution in [3.63, 3.8) is 0 Å². The fourth-order valence-corrected chi connectivity index (χ4v) is 2.16. The highest BCUT2D eigenvalue weighted by atomic mass is 35.5. The van der Waals surface area contributed by atoms with Gasteiger partial charge in [0.25, 0.3) is 0 Å². The van der Waals surface area contributed by atoms with Crippen molar-refractivity contribution in [2.45, 2.75) is 0 Å². The lowest BCUT2D eigenvalue weighted by Crippen LogP contribution is -1.93. The van der Waals surface area contributed by atoms with Gasteiger partial charge in [-0.1, -0.05) is 22.9 Å². The van der Waals surface area contributed by atoms with Gasteiger partial charge < -0.3 is 15.2 Å². The van der Waals surface area contributed by atoms with Gasteiger partial charge in [0.1, 0.15) is 10.6 Å². The van der Waals surface area contributed by atoms with Gasteiger partial charge in [-0.15, -0.1) is 0 Å². The second kappa shape index (κ2) is 5.24. The van der Waals surface area contributed by atoms with Crippen molar-refractivity contribution in [2.24, 2.45) is 0 Å². The Kier molecular flexibility index (Phi) is 3.69. The van der Waals surface area contributed by atoms with Gasteiger partial charge in [-0.25, -0.2) is 9.78 Å². The minimum atomic E-state index is -1.00. The first kappa shape index (κ1) is 12.7. The Morgan fingerprint density at radius 3 is 2.94 bits per heavy atom. The van der Waals surface area contributed by atoms with E-state index in [2.05, 4.69) is 10.3 Å². The zero-order valence-corrected chi connectivity index (χ0v) is 10.9. The smallest absolute Gasteiger partial charge is 0.347 e. The molecule has 0 unspecified atom stereocenters. The molecule has 1 heterocycles. The molecule has 0 aliphatic carbocycles. The minimum absolute atomic E-state index is 0.165. The maximum Gasteiger partial charge on any atom is 0.347 e. The van der Waals surface area contributed by atoms with Gasteiger partial charge in [-0.05, 0) is 18.2 Å². The van der Waals surface area contributed by atoms with Gasteiger partial charge in [0.15, 0.2) is 5.13 Å². The van der Waals surface area contributed by atoms with E-state index in [0.29, 0.717) is 21.6 Å². The third-order valence-corrected chi connectivity index (χ3v) is 3.26. The summed E-state index contributed by atoms with van der Waals surface area (Å²) in [6.07, 6.45) is 1.30. The molecule has 0 bridgehead atoms. The maximum absolute atomic E-state index is 10.7. The Balaban J connectivity index is 2.27. The molecule has 0 aliphatic rings. The number of carbonyl (C=O) groups is 1. The van der Waals surface area contributed by atoms with Crippen LogP contribution in [-0.4, -0.2) is 23.2 Å². The lowest BCUT2D eigenvalue weighted by molar-refractivity contribution is 0.0702. The van der Waals surface area contributed by atoms with Crippen LogP contribution in [0.2, 0.25) is 5.02 Å². The average molecular weight is 285 g/mol. The van der Waals surface area contributed by atoms with E-state index in [1.165, 1.54) is 6.20 Å². The van der Waals surface area contributed by atoms with Crippen LogP contribution in [0.5, 0.6) is 5.75 Å². The van der Waals surface area contributed by atoms with Crippen LogP contribution in [-0.2, 0) is 0 Å². The molecule has 1 aromatic carbocycles. The number of nitrogens with one attached hydrogen (secondary N) is 1. The van der Waals surface area contributed by atoms with Crippen LogP contribution in [0.4, 0.5) is 10.8 Å². The van der Waals surface area contributed by atoms with Crippen LogP contribution < -0.4 is 10.1 Å². The van der Waals surface area contributed by atoms with Crippen LogP contribution >= 0.6 is 22.9 Å². The number of ether oxygens (including phenoxy) is 1. The molecule has 7 heteroatoms. The molecule has 5 nitrogen and oxygen atoms in total. The summed E-state index contributed by atoms with van der Waals surface area (Å²) < 4.78 is 5.17. The number of hydrogen-bond donors (Lipinski definition) is 2. The lowest BCUT2D eigenvalue weighted by atomic mass is 10.3. The summed E-state index contributed by atoms with van der Waals surface area (Å²) in [6.45, 7) is 0. The number of aromatic carboxylic acids is 1. The number of methoxy groups -OCH3 is 1. The minimum Gasteiger partial charge on any atom is -0.495 e. The molecule has 0 aliphatic heterocycles. The standard InChI is InChI=1S/C11H9ClN2O3S/c1-17-8-3-2-6(12)4-7(8)14-11-13-5-9(18-11)10(15)16/h2-5H,1H3,(H,13,14)(H,15,16). The zero-order valence-electron chi connectivity index (χ0n) is 9.31. The van der Waals surface area contributed by atoms with Gasteiger partial charge in [0, 0.05) is 5.02 Å². The summed E-state index contributed by atoms with van der Waals surface area (Å²) in [5.41, 5.74) is 0.635. The highest BCUT2D eigenvalue weighted by Crippen LogP contribution is 2.31. The summed E-state index contributed by atoms with van der Waals surface area (Å²) in [7, 11) is 1.54. The van der Waals surface area contributed by atoms with E-state index in [-0.39, 0.29) is 4.88 Å². The van der Waals surface area contributed by atoms with Gasteiger partial charge >= 0.3 is 5.97 Å². The van der Waals surface area contributed by atoms with E-state index in [4.69, 9.17) is 21.4 Å². The quantitative estimate of drug-likeness (QED) is 0.902. The SMILES string of the molecule is COc1ccc(Cl)cc1Nc1ncc(C(=O)O)s1. The van der Waals surface area contributed by atoms with E-state index >= 15 is 0 Å². The van der Waals surface area contributed by atoms with Crippen molar-refractivity contribution >= 4 is 39.7 Å². The van der Waals surface area contributed by atoms with E-state index in [0.717, 1.165) is 11.3 Å². The first-order valence-corrected chi connectivity index (χ1v) is 6.09. The molecule has 0 saturated carbocycles. The number of aromatic nitrogens is 1. The van der Waals surface area contributed by atoms with E-state index in [1.54, 1.807) is 25.3 Å². The number of nitrogens with zero attached hydrogens (tertiary/aromatic N) is 1. The molecule has 0 amide bonds. The predicted octanol–water partition coefficient (Wildman–Crippen LogP) is 3.25. The Labute approximate surface area is 112 Å². The number of anilines is 2. The Morgan fingerprint density at radius 2 is 2.33 bits per heavy atom. The number of halogens is 1. The van der Waals surface area contributed by atoms with Crippen LogP contribution in [0.3, 0.4) is 0 Å². The topological polar surface area (TPSA) is 71.5 Å². The first-order chi connectivity index (χ1) is 8.60. The molecule has 0 atom stereocenters. The second-order valence-corrected chi connectivity index (χ2v) is 4.77. The van der Waals surface area contributed by atoms with Crippen LogP contribution in [0.1, 0.15) is 9.67 Å². The molecular weight excluding hydrogens is 276 g/mol. The molecule has 2 rings (SSSR count). The first-order valence-electron chi connectivity index (χ1n) is 4.90. The van der Waals surface area contributed by atoms with E-state index in [9.17, 15) is 4.79 Å². The van der Waals surface area contributed by atoms with Crippen molar-refractivity contribution in [1.29, 1.82) is 0 Å². The predicted molar refractivity (Wildman–Crippen MR) is 70.4 cm³/mol. The van der Waals surface area contributed by atoms with E-state index < -0.39 is 5.97 Å². The molecule has 94 valence electrons. The number of hydrogen-bond acceptors (Lipinski definition) is 5. The van der Waals surface area contributed by atoms with Gasteiger partial charge in [0.2, 0.25) is 0 Å². The summed E-state index contributed by atoms with van der Waals surface area (Å²) in [5, 5.41) is 12.8. The highest BCUT2D eigenvalue weighted by molar-refractivity contribution is 7.17. The van der Waals surface area contributed by atoms with Crippen LogP contribution in [0.15, 0.2) is 24.4 Å². The third kappa shape index (κ3) is 2.72. The number of carboxylic acid groups (broad SMARTS) is 1. The van der Waals surface area contributed by atoms with Gasteiger partial charge in [0.05, 0.1) is 19.0 Å². The van der Waals surface area contributed by atoms with Crippen LogP contribution in [0.25, 0.3) is 0 Å². The monoisotopic (exact) mass is 284 g/mol. The van der Waals surface area contributed by atoms with Crippen molar-refractivity contribution in [3.05, 3.63) is 34.3 Å². The number of thiazole rings is 1. The lowest BCUT2D eigenvalue weighted by Gasteiger charge is -2.08. The molecule has 0 spiro atoms. The number of rotatable bonds is 4. The summed E-state index contributed by atoms with van der Waals surface area (Å²) in [4.78, 5) is 14.9. The Hall–Kier alpha value is -1.79. The molecule has 0 saturated heterocycles. The van der Waals surface area contributed by atoms with E-state index in [1.807, 2.05) is 0 Å². The normalized spacial score (nSPS) is 10.1. The van der Waals surface area contributed by atoms with Gasteiger partial charge in [-0.2, -0.15) is 0 Å². The molecule has 0 radical (unpaired) electrons. The molecular formula is C11H9ClN2O3S. The fraction of sp³-hybridized carbons (Fsp3) is 0.0909. The maximum atomic E-state index is 10.7. The zero-order chi connectivity index (χ0) is 13.1. The summed E-state index contributed by atoms with van der Waals surface area (Å²) >= 11 is 6.93. The van der Waals surface area contributed by atoms with Crippen molar-refractivity contribution in [2.75, 3.05) is 12.4 Å². The molecule has 0 fully saturated rings. The molecule has 1 aromatic heterocycles. The Morgan fingerprint density at radius 1 is 1.56 bits per heavy atom. The fourth-order valence-electron chi connectivity index (χ4n) is 1.32. The molecule has 2 N–H and O–H groups in total. The number of carboxylic acids is 1. The summed E-state index contributed by atoms with van der Waals surface area (Å²) in [5.74, 6) is -0.398. The molecule has 2 aromatic rings. The van der Waals surface area contributed by atoms with Crippen molar-refractivity contribution in [1.82, 2.24) is 4.98 Å². The average Bonchev–Trinajstić information content (AvgIpc) is 2.78. The number of benzene rings is 1. The summed E-state index contributed by atoms with van der Waals surface area (Å²) in [6, 6.07) is 5.11.